The summed E-state index contributed by atoms with van der Waals surface area (Å²) in [7, 11) is 1.90. The largest absolute Gasteiger partial charge is 0.439 e. The van der Waals surface area contributed by atoms with Crippen LogP contribution in [0.25, 0.3) is 11.3 Å². The molecule has 158 valence electrons. The first kappa shape index (κ1) is 20.9. The van der Waals surface area contributed by atoms with Crippen LogP contribution in [0.15, 0.2) is 54.6 Å². The van der Waals surface area contributed by atoms with Crippen molar-refractivity contribution in [1.82, 2.24) is 14.7 Å². The number of halogens is 1. The van der Waals surface area contributed by atoms with Gasteiger partial charge in [-0.15, -0.1) is 0 Å². The highest BCUT2D eigenvalue weighted by Crippen LogP contribution is 2.36. The van der Waals surface area contributed by atoms with Crippen molar-refractivity contribution in [3.05, 3.63) is 65.2 Å². The van der Waals surface area contributed by atoms with Gasteiger partial charge in [-0.25, -0.2) is 4.68 Å². The molecular weight excluding hydrogens is 398 g/mol. The summed E-state index contributed by atoms with van der Waals surface area (Å²) in [5, 5.41) is 15.5. The first-order chi connectivity index (χ1) is 14.5. The van der Waals surface area contributed by atoms with Crippen LogP contribution in [-0.4, -0.2) is 39.0 Å². The van der Waals surface area contributed by atoms with Gasteiger partial charge in [0.15, 0.2) is 0 Å². The van der Waals surface area contributed by atoms with Gasteiger partial charge in [0.25, 0.3) is 0 Å². The topological polar surface area (TPSA) is 50.5 Å². The molecule has 0 amide bonds. The maximum atomic E-state index is 10.0. The third kappa shape index (κ3) is 5.22. The minimum atomic E-state index is -0.388. The first-order valence-corrected chi connectivity index (χ1v) is 10.8. The molecule has 1 heterocycles. The Kier molecular flexibility index (Phi) is 6.42. The van der Waals surface area contributed by atoms with E-state index < -0.39 is 0 Å². The van der Waals surface area contributed by atoms with Crippen molar-refractivity contribution in [2.24, 2.45) is 13.0 Å². The number of nitrogens with zero attached hydrogens (tertiary/aromatic N) is 3. The molecule has 6 heteroatoms. The van der Waals surface area contributed by atoms with Gasteiger partial charge >= 0.3 is 0 Å². The summed E-state index contributed by atoms with van der Waals surface area (Å²) in [6, 6.07) is 17.5. The van der Waals surface area contributed by atoms with Crippen molar-refractivity contribution in [2.75, 3.05) is 13.1 Å². The summed E-state index contributed by atoms with van der Waals surface area (Å²) in [5.74, 6) is 2.15. The molecule has 1 saturated carbocycles. The van der Waals surface area contributed by atoms with Crippen LogP contribution >= 0.6 is 11.6 Å². The Bertz CT molecular complexity index is 962. The SMILES string of the molecule is CC(O)CN(Cc1c(-c2ccccc2)nn(C)c1Oc1ccc(Cl)cc1)CC1CC1. The quantitative estimate of drug-likeness (QED) is 0.516. The Balaban J connectivity index is 1.71. The Labute approximate surface area is 182 Å². The van der Waals surface area contributed by atoms with Crippen LogP contribution in [0.3, 0.4) is 0 Å². The number of aromatic nitrogens is 2. The van der Waals surface area contributed by atoms with Gasteiger partial charge in [-0.05, 0) is 49.9 Å². The summed E-state index contributed by atoms with van der Waals surface area (Å²) in [6.07, 6.45) is 2.15. The fourth-order valence-electron chi connectivity index (χ4n) is 3.73. The molecule has 5 nitrogen and oxygen atoms in total. The number of ether oxygens (including phenoxy) is 1. The molecule has 0 aliphatic heterocycles. The van der Waals surface area contributed by atoms with Crippen molar-refractivity contribution in [2.45, 2.75) is 32.4 Å². The number of aliphatic hydroxyl groups is 1. The number of benzene rings is 2. The van der Waals surface area contributed by atoms with E-state index in [1.165, 1.54) is 12.8 Å². The minimum Gasteiger partial charge on any atom is -0.439 e. The fourth-order valence-corrected chi connectivity index (χ4v) is 3.86. The molecule has 0 saturated heterocycles. The van der Waals surface area contributed by atoms with Crippen LogP contribution in [0.4, 0.5) is 0 Å². The zero-order chi connectivity index (χ0) is 21.1. The average Bonchev–Trinajstić information content (AvgIpc) is 3.49. The second-order valence-electron chi connectivity index (χ2n) is 8.16. The maximum Gasteiger partial charge on any atom is 0.222 e. The molecule has 1 N–H and O–H groups in total. The lowest BCUT2D eigenvalue weighted by atomic mass is 10.1. The fraction of sp³-hybridized carbons (Fsp3) is 0.375. The molecular formula is C24H28ClN3O2. The van der Waals surface area contributed by atoms with E-state index in [1.54, 1.807) is 4.68 Å². The summed E-state index contributed by atoms with van der Waals surface area (Å²) >= 11 is 6.03. The molecule has 30 heavy (non-hydrogen) atoms. The van der Waals surface area contributed by atoms with Crippen LogP contribution in [-0.2, 0) is 13.6 Å². The summed E-state index contributed by atoms with van der Waals surface area (Å²) in [4.78, 5) is 2.32. The normalized spacial score (nSPS) is 14.8. The first-order valence-electron chi connectivity index (χ1n) is 10.4. The van der Waals surface area contributed by atoms with Gasteiger partial charge in [-0.1, -0.05) is 41.9 Å². The van der Waals surface area contributed by atoms with Crippen molar-refractivity contribution in [1.29, 1.82) is 0 Å². The molecule has 4 rings (SSSR count). The smallest absolute Gasteiger partial charge is 0.222 e. The van der Waals surface area contributed by atoms with Gasteiger partial charge in [0, 0.05) is 37.3 Å². The van der Waals surface area contributed by atoms with E-state index in [0.717, 1.165) is 29.3 Å². The highest BCUT2D eigenvalue weighted by molar-refractivity contribution is 6.30. The van der Waals surface area contributed by atoms with Crippen LogP contribution < -0.4 is 4.74 Å². The van der Waals surface area contributed by atoms with E-state index >= 15 is 0 Å². The van der Waals surface area contributed by atoms with E-state index in [-0.39, 0.29) is 6.10 Å². The lowest BCUT2D eigenvalue weighted by molar-refractivity contribution is 0.119. The van der Waals surface area contributed by atoms with Crippen molar-refractivity contribution >= 4 is 11.6 Å². The predicted octanol–water partition coefficient (Wildman–Crippen LogP) is 5.13. The summed E-state index contributed by atoms with van der Waals surface area (Å²) < 4.78 is 8.07. The molecule has 2 aromatic carbocycles. The van der Waals surface area contributed by atoms with Crippen molar-refractivity contribution in [3.63, 3.8) is 0 Å². The number of hydrogen-bond acceptors (Lipinski definition) is 4. The second kappa shape index (κ2) is 9.21. The maximum absolute atomic E-state index is 10.0. The van der Waals surface area contributed by atoms with Crippen LogP contribution in [0, 0.1) is 5.92 Å². The number of aryl methyl sites for hydroxylation is 1. The van der Waals surface area contributed by atoms with Gasteiger partial charge in [-0.2, -0.15) is 5.10 Å². The number of aliphatic hydroxyl groups excluding tert-OH is 1. The number of hydrogen-bond donors (Lipinski definition) is 1. The van der Waals surface area contributed by atoms with Crippen LogP contribution in [0.2, 0.25) is 5.02 Å². The van der Waals surface area contributed by atoms with E-state index in [2.05, 4.69) is 17.0 Å². The standard InChI is InChI=1S/C24H28ClN3O2/c1-17(29)14-28(15-18-8-9-18)16-22-23(19-6-4-3-5-7-19)26-27(2)24(22)30-21-12-10-20(25)11-13-21/h3-7,10-13,17-18,29H,8-9,14-16H2,1-2H3. The van der Waals surface area contributed by atoms with Gasteiger partial charge in [0.05, 0.1) is 11.7 Å². The molecule has 1 atom stereocenters. The molecule has 0 bridgehead atoms. The summed E-state index contributed by atoms with van der Waals surface area (Å²) in [5.41, 5.74) is 2.99. The predicted molar refractivity (Wildman–Crippen MR) is 120 cm³/mol. The van der Waals surface area contributed by atoms with Crippen molar-refractivity contribution < 1.29 is 9.84 Å². The Morgan fingerprint density at radius 1 is 1.17 bits per heavy atom. The molecule has 1 aliphatic rings. The Hall–Kier alpha value is -2.34. The Morgan fingerprint density at radius 3 is 2.50 bits per heavy atom. The summed E-state index contributed by atoms with van der Waals surface area (Å²) in [6.45, 7) is 4.11. The monoisotopic (exact) mass is 425 g/mol. The van der Waals surface area contributed by atoms with Gasteiger partial charge in [0.2, 0.25) is 5.88 Å². The van der Waals surface area contributed by atoms with E-state index in [4.69, 9.17) is 21.4 Å². The molecule has 0 spiro atoms. The minimum absolute atomic E-state index is 0.388. The Morgan fingerprint density at radius 2 is 1.87 bits per heavy atom. The van der Waals surface area contributed by atoms with Gasteiger partial charge < -0.3 is 9.84 Å². The zero-order valence-corrected chi connectivity index (χ0v) is 18.2. The molecule has 1 aromatic heterocycles. The van der Waals surface area contributed by atoms with Crippen LogP contribution in [0.5, 0.6) is 11.6 Å². The van der Waals surface area contributed by atoms with Gasteiger partial charge in [0.1, 0.15) is 11.4 Å². The highest BCUT2D eigenvalue weighted by Gasteiger charge is 2.28. The molecule has 1 fully saturated rings. The molecule has 3 aromatic rings. The zero-order valence-electron chi connectivity index (χ0n) is 17.5. The van der Waals surface area contributed by atoms with E-state index in [0.29, 0.717) is 29.7 Å². The number of rotatable bonds is 9. The second-order valence-corrected chi connectivity index (χ2v) is 8.60. The third-order valence-corrected chi connectivity index (χ3v) is 5.53. The molecule has 0 radical (unpaired) electrons. The average molecular weight is 426 g/mol. The van der Waals surface area contributed by atoms with E-state index in [1.807, 2.05) is 56.4 Å². The highest BCUT2D eigenvalue weighted by atomic mass is 35.5. The third-order valence-electron chi connectivity index (χ3n) is 5.28. The lowest BCUT2D eigenvalue weighted by Gasteiger charge is -2.24. The lowest BCUT2D eigenvalue weighted by Crippen LogP contribution is -2.32. The van der Waals surface area contributed by atoms with Crippen LogP contribution in [0.1, 0.15) is 25.3 Å². The van der Waals surface area contributed by atoms with Crippen molar-refractivity contribution in [3.8, 4) is 22.9 Å². The molecule has 1 aliphatic carbocycles. The molecule has 1 unspecified atom stereocenters. The van der Waals surface area contributed by atoms with Gasteiger partial charge in [-0.3, -0.25) is 4.90 Å². The van der Waals surface area contributed by atoms with E-state index in [9.17, 15) is 5.11 Å².